The molecule has 0 bridgehead atoms. The molecule has 0 spiro atoms. The van der Waals surface area contributed by atoms with Crippen LogP contribution in [0.1, 0.15) is 103 Å². The Morgan fingerprint density at radius 2 is 0.595 bits per heavy atom. The average Bonchev–Trinajstić information content (AvgIpc) is 3.79. The van der Waals surface area contributed by atoms with Crippen LogP contribution in [0.5, 0.6) is 0 Å². The van der Waals surface area contributed by atoms with Gasteiger partial charge in [-0.05, 0) is 114 Å². The molecule has 362 valence electrons. The molecule has 0 N–H and O–H groups in total. The number of hydrogen-bond donors (Lipinski definition) is 0. The summed E-state index contributed by atoms with van der Waals surface area (Å²) in [4.78, 5) is 21.2. The van der Waals surface area contributed by atoms with Crippen molar-refractivity contribution in [1.29, 1.82) is 0 Å². The van der Waals surface area contributed by atoms with Crippen LogP contribution in [0.25, 0.3) is 101 Å². The van der Waals surface area contributed by atoms with E-state index in [1.165, 1.54) is 55.6 Å². The van der Waals surface area contributed by atoms with E-state index in [9.17, 15) is 0 Å². The molecule has 4 heteroatoms. The zero-order valence-corrected chi connectivity index (χ0v) is 44.3. The molecular weight excluding hydrogens is 897 g/mol. The third-order valence-corrected chi connectivity index (χ3v) is 15.8. The van der Waals surface area contributed by atoms with Gasteiger partial charge in [0.15, 0.2) is 11.6 Å². The average molecular weight is 959 g/mol. The van der Waals surface area contributed by atoms with Crippen molar-refractivity contribution in [2.75, 3.05) is 0 Å². The standard InChI is InChI=1S/C70H62N4/c1-67(2,3)51-29-33-55-53-31-27-49(37-57(53)69(7,8)59(55)39-51)64-42-63(72-65(73-64)44-21-15-12-16-22-44)48-26-18-24-46(36-48)45-23-17-25-47(35-45)62-41-61(43-19-13-11-14-20-43)71-66(74-62)50-28-32-54-56-34-30-52(68(4,5)6)40-60(56)70(9,10)58(54)38-50/h11-42H,1-10H3. The zero-order valence-electron chi connectivity index (χ0n) is 44.3. The summed E-state index contributed by atoms with van der Waals surface area (Å²) in [6.07, 6.45) is 0. The molecule has 0 fully saturated rings. The van der Waals surface area contributed by atoms with Crippen molar-refractivity contribution in [3.05, 3.63) is 228 Å². The molecule has 0 saturated carbocycles. The largest absolute Gasteiger partial charge is 0.228 e. The third kappa shape index (κ3) is 8.18. The lowest BCUT2D eigenvalue weighted by atomic mass is 9.78. The van der Waals surface area contributed by atoms with Gasteiger partial charge in [-0.15, -0.1) is 0 Å². The number of fused-ring (bicyclic) bond motifs is 6. The van der Waals surface area contributed by atoms with Gasteiger partial charge in [0.1, 0.15) is 0 Å². The second-order valence-electron chi connectivity index (χ2n) is 23.6. The first-order chi connectivity index (χ1) is 35.4. The summed E-state index contributed by atoms with van der Waals surface area (Å²) in [7, 11) is 0. The summed E-state index contributed by atoms with van der Waals surface area (Å²) in [6.45, 7) is 23.2. The van der Waals surface area contributed by atoms with Crippen LogP contribution in [-0.4, -0.2) is 19.9 Å². The van der Waals surface area contributed by atoms with Crippen molar-refractivity contribution >= 4 is 0 Å². The predicted octanol–water partition coefficient (Wildman–Crippen LogP) is 18.1. The van der Waals surface area contributed by atoms with Crippen LogP contribution < -0.4 is 0 Å². The molecule has 0 unspecified atom stereocenters. The number of hydrogen-bond acceptors (Lipinski definition) is 4. The minimum atomic E-state index is -0.176. The van der Waals surface area contributed by atoms with Crippen LogP contribution in [-0.2, 0) is 21.7 Å². The minimum Gasteiger partial charge on any atom is -0.228 e. The number of aromatic nitrogens is 4. The molecule has 2 heterocycles. The summed E-state index contributed by atoms with van der Waals surface area (Å²) < 4.78 is 0. The SMILES string of the molecule is CC(C)(C)c1ccc2c(c1)C(C)(C)c1cc(-c3cc(-c4cccc(-c5cccc(-c6cc(-c7ccccc7)nc(-c7ccc8c(c7)C(C)(C)c7cc(C(C)(C)C)ccc7-8)n6)c5)c4)nc(-c4ccccc4)n3)ccc1-2. The highest BCUT2D eigenvalue weighted by molar-refractivity contribution is 5.86. The van der Waals surface area contributed by atoms with Crippen LogP contribution >= 0.6 is 0 Å². The fraction of sp³-hybridized carbons (Fsp3) is 0.200. The van der Waals surface area contributed by atoms with E-state index in [0.717, 1.165) is 67.3 Å². The third-order valence-electron chi connectivity index (χ3n) is 15.8. The van der Waals surface area contributed by atoms with Crippen molar-refractivity contribution in [3.63, 3.8) is 0 Å². The summed E-state index contributed by atoms with van der Waals surface area (Å²) >= 11 is 0. The van der Waals surface area contributed by atoms with Crippen LogP contribution in [0.4, 0.5) is 0 Å². The molecule has 8 aromatic carbocycles. The number of rotatable bonds is 7. The van der Waals surface area contributed by atoms with Gasteiger partial charge in [0.25, 0.3) is 0 Å². The lowest BCUT2D eigenvalue weighted by Gasteiger charge is -2.25. The maximum absolute atomic E-state index is 5.37. The Balaban J connectivity index is 0.918. The normalized spacial score (nSPS) is 14.0. The first kappa shape index (κ1) is 47.0. The van der Waals surface area contributed by atoms with Gasteiger partial charge in [-0.25, -0.2) is 19.9 Å². The minimum absolute atomic E-state index is 0.0637. The van der Waals surface area contributed by atoms with Gasteiger partial charge >= 0.3 is 0 Å². The van der Waals surface area contributed by atoms with E-state index in [-0.39, 0.29) is 21.7 Å². The second kappa shape index (κ2) is 17.3. The van der Waals surface area contributed by atoms with E-state index in [4.69, 9.17) is 19.9 Å². The van der Waals surface area contributed by atoms with Gasteiger partial charge in [-0.3, -0.25) is 0 Å². The van der Waals surface area contributed by atoms with Gasteiger partial charge in [-0.1, -0.05) is 227 Å². The quantitative estimate of drug-likeness (QED) is 0.160. The molecule has 2 aliphatic rings. The molecule has 0 radical (unpaired) electrons. The summed E-state index contributed by atoms with van der Waals surface area (Å²) in [6, 6.07) is 70.3. The molecule has 2 aliphatic carbocycles. The van der Waals surface area contributed by atoms with Crippen molar-refractivity contribution in [2.24, 2.45) is 0 Å². The topological polar surface area (TPSA) is 51.6 Å². The molecule has 10 aromatic rings. The van der Waals surface area contributed by atoms with Crippen molar-refractivity contribution in [3.8, 4) is 101 Å². The van der Waals surface area contributed by atoms with Gasteiger partial charge in [0.2, 0.25) is 0 Å². The lowest BCUT2D eigenvalue weighted by Crippen LogP contribution is -2.17. The van der Waals surface area contributed by atoms with E-state index in [1.54, 1.807) is 0 Å². The fourth-order valence-electron chi connectivity index (χ4n) is 11.4. The Morgan fingerprint density at radius 3 is 1.04 bits per heavy atom. The molecule has 0 saturated heterocycles. The molecule has 0 amide bonds. The van der Waals surface area contributed by atoms with Crippen molar-refractivity contribution in [2.45, 2.75) is 90.9 Å². The Kier molecular flexibility index (Phi) is 11.0. The Labute approximate surface area is 437 Å². The highest BCUT2D eigenvalue weighted by Gasteiger charge is 2.38. The lowest BCUT2D eigenvalue weighted by molar-refractivity contribution is 0.584. The van der Waals surface area contributed by atoms with Crippen LogP contribution in [0.2, 0.25) is 0 Å². The number of nitrogens with zero attached hydrogens (tertiary/aromatic N) is 4. The van der Waals surface area contributed by atoms with Gasteiger partial charge < -0.3 is 0 Å². The molecular formula is C70H62N4. The maximum atomic E-state index is 5.37. The molecule has 0 aliphatic heterocycles. The van der Waals surface area contributed by atoms with Crippen LogP contribution in [0.3, 0.4) is 0 Å². The molecule has 2 aromatic heterocycles. The highest BCUT2D eigenvalue weighted by Crippen LogP contribution is 2.52. The van der Waals surface area contributed by atoms with E-state index < -0.39 is 0 Å². The highest BCUT2D eigenvalue weighted by atomic mass is 14.9. The predicted molar refractivity (Wildman–Crippen MR) is 308 cm³/mol. The Hall–Kier alpha value is -8.08. The smallest absolute Gasteiger partial charge is 0.160 e. The molecule has 4 nitrogen and oxygen atoms in total. The monoisotopic (exact) mass is 958 g/mol. The van der Waals surface area contributed by atoms with E-state index in [0.29, 0.717) is 11.6 Å². The first-order valence-electron chi connectivity index (χ1n) is 26.1. The molecule has 12 rings (SSSR count). The summed E-state index contributed by atoms with van der Waals surface area (Å²) in [5.74, 6) is 1.40. The fourth-order valence-corrected chi connectivity index (χ4v) is 11.4. The van der Waals surface area contributed by atoms with E-state index in [1.807, 2.05) is 6.07 Å². The van der Waals surface area contributed by atoms with Gasteiger partial charge in [-0.2, -0.15) is 0 Å². The van der Waals surface area contributed by atoms with Crippen LogP contribution in [0.15, 0.2) is 194 Å². The Morgan fingerprint density at radius 1 is 0.270 bits per heavy atom. The van der Waals surface area contributed by atoms with E-state index in [2.05, 4.69) is 257 Å². The van der Waals surface area contributed by atoms with Crippen LogP contribution in [0, 0.1) is 0 Å². The number of benzene rings is 8. The zero-order chi connectivity index (χ0) is 51.3. The Bertz CT molecular complexity index is 3590. The second-order valence-corrected chi connectivity index (χ2v) is 23.6. The molecule has 0 atom stereocenters. The maximum Gasteiger partial charge on any atom is 0.160 e. The summed E-state index contributed by atoms with van der Waals surface area (Å²) in [5.41, 5.74) is 24.9. The van der Waals surface area contributed by atoms with Crippen molar-refractivity contribution < 1.29 is 0 Å². The van der Waals surface area contributed by atoms with Gasteiger partial charge in [0.05, 0.1) is 22.8 Å². The summed E-state index contributed by atoms with van der Waals surface area (Å²) in [5, 5.41) is 0. The first-order valence-corrected chi connectivity index (χ1v) is 26.1. The van der Waals surface area contributed by atoms with Crippen molar-refractivity contribution in [1.82, 2.24) is 19.9 Å². The molecule has 74 heavy (non-hydrogen) atoms. The van der Waals surface area contributed by atoms with E-state index >= 15 is 0 Å². The van der Waals surface area contributed by atoms with Gasteiger partial charge in [0, 0.05) is 44.2 Å².